The third kappa shape index (κ3) is 6.49. The van der Waals surface area contributed by atoms with E-state index in [4.69, 9.17) is 15.0 Å². The first-order valence-electron chi connectivity index (χ1n) is 24.2. The van der Waals surface area contributed by atoms with E-state index in [0.29, 0.717) is 28.6 Å². The second-order valence-electron chi connectivity index (χ2n) is 18.3. The van der Waals surface area contributed by atoms with Crippen molar-refractivity contribution in [2.45, 2.75) is 0 Å². The highest BCUT2D eigenvalue weighted by Gasteiger charge is 2.43. The summed E-state index contributed by atoms with van der Waals surface area (Å²) in [6.07, 6.45) is 0. The van der Waals surface area contributed by atoms with Crippen LogP contribution in [-0.4, -0.2) is 26.2 Å². The Bertz CT molecular complexity index is 3960. The minimum absolute atomic E-state index is 0.0205. The number of nitriles is 1. The standard InChI is InChI=1S/C64H40BN7/c66-41-45-24-19-35-57(60(45)64-68-62(42-20-5-1-6-21-42)67-63(69-64)43-22-7-2-8-23-43)72-53-32-16-13-29-49(53)50-38-44(36-37-54(50)72)46-39-58-61-59(40-46)71(48-27-11-4-12-28-48)56-34-18-15-31-52(56)65(61)51-30-14-17-33-55(51)70(58)47-25-9-3-10-26-47/h1-40H. The summed E-state index contributed by atoms with van der Waals surface area (Å²) in [4.78, 5) is 20.2. The molecule has 0 bridgehead atoms. The maximum Gasteiger partial charge on any atom is 0.252 e. The Balaban J connectivity index is 1.01. The number of hydrogen-bond acceptors (Lipinski definition) is 6. The molecule has 0 N–H and O–H groups in total. The van der Waals surface area contributed by atoms with Crippen LogP contribution in [0, 0.1) is 11.3 Å². The Labute approximate surface area is 416 Å². The second-order valence-corrected chi connectivity index (χ2v) is 18.3. The van der Waals surface area contributed by atoms with Crippen molar-refractivity contribution >= 4 is 79.0 Å². The predicted octanol–water partition coefficient (Wildman–Crippen LogP) is 13.6. The van der Waals surface area contributed by atoms with E-state index < -0.39 is 0 Å². The van der Waals surface area contributed by atoms with Gasteiger partial charge in [0, 0.05) is 56.0 Å². The van der Waals surface area contributed by atoms with Crippen LogP contribution < -0.4 is 26.2 Å². The van der Waals surface area contributed by atoms with Crippen LogP contribution in [0.15, 0.2) is 243 Å². The van der Waals surface area contributed by atoms with Crippen molar-refractivity contribution in [3.8, 4) is 57.0 Å². The van der Waals surface area contributed by atoms with E-state index in [9.17, 15) is 5.26 Å². The van der Waals surface area contributed by atoms with Gasteiger partial charge in [0.2, 0.25) is 0 Å². The van der Waals surface area contributed by atoms with E-state index in [1.165, 1.54) is 27.8 Å². The molecule has 12 aromatic rings. The summed E-state index contributed by atoms with van der Waals surface area (Å²) in [6, 6.07) is 87.7. The molecule has 0 amide bonds. The fraction of sp³-hybridized carbons (Fsp3) is 0. The van der Waals surface area contributed by atoms with Crippen LogP contribution in [0.25, 0.3) is 72.8 Å². The molecule has 72 heavy (non-hydrogen) atoms. The zero-order chi connectivity index (χ0) is 47.7. The van der Waals surface area contributed by atoms with Gasteiger partial charge in [0.25, 0.3) is 6.71 Å². The molecule has 0 atom stereocenters. The zero-order valence-electron chi connectivity index (χ0n) is 38.8. The minimum atomic E-state index is 0.0205. The van der Waals surface area contributed by atoms with E-state index >= 15 is 0 Å². The van der Waals surface area contributed by atoms with Gasteiger partial charge in [-0.3, -0.25) is 0 Å². The molecule has 2 aliphatic heterocycles. The van der Waals surface area contributed by atoms with Gasteiger partial charge in [-0.2, -0.15) is 5.26 Å². The highest BCUT2D eigenvalue weighted by molar-refractivity contribution is 7.00. The van der Waals surface area contributed by atoms with Gasteiger partial charge in [-0.1, -0.05) is 164 Å². The fourth-order valence-corrected chi connectivity index (χ4v) is 11.2. The smallest absolute Gasteiger partial charge is 0.252 e. The Morgan fingerprint density at radius 1 is 0.361 bits per heavy atom. The van der Waals surface area contributed by atoms with Crippen molar-refractivity contribution < 1.29 is 0 Å². The third-order valence-electron chi connectivity index (χ3n) is 14.2. The van der Waals surface area contributed by atoms with Crippen LogP contribution in [0.4, 0.5) is 34.1 Å². The number of benzene rings is 10. The van der Waals surface area contributed by atoms with E-state index in [1.54, 1.807) is 0 Å². The number of rotatable bonds is 7. The van der Waals surface area contributed by atoms with E-state index in [2.05, 4.69) is 190 Å². The van der Waals surface area contributed by atoms with Crippen LogP contribution in [0.5, 0.6) is 0 Å². The van der Waals surface area contributed by atoms with E-state index in [1.807, 2.05) is 72.8 Å². The quantitative estimate of drug-likeness (QED) is 0.148. The van der Waals surface area contributed by atoms with Gasteiger partial charge in [-0.25, -0.2) is 15.0 Å². The number of hydrogen-bond donors (Lipinski definition) is 0. The van der Waals surface area contributed by atoms with Gasteiger partial charge in [-0.05, 0) is 106 Å². The molecule has 7 nitrogen and oxygen atoms in total. The monoisotopic (exact) mass is 917 g/mol. The highest BCUT2D eigenvalue weighted by Crippen LogP contribution is 2.47. The SMILES string of the molecule is N#Cc1cccc(-n2c3ccccc3c3cc(-c4cc5c6c(c4)N(c4ccccc4)c4ccccc4B6c4ccccc4N5c4ccccc4)ccc32)c1-c1nc(-c2ccccc2)nc(-c2ccccc2)n1. The van der Waals surface area contributed by atoms with Crippen molar-refractivity contribution in [2.75, 3.05) is 9.80 Å². The second kappa shape index (κ2) is 16.7. The number of para-hydroxylation sites is 5. The van der Waals surface area contributed by atoms with Crippen LogP contribution in [-0.2, 0) is 0 Å². The molecule has 0 radical (unpaired) electrons. The Morgan fingerprint density at radius 3 is 1.43 bits per heavy atom. The van der Waals surface area contributed by atoms with Crippen LogP contribution >= 0.6 is 0 Å². The van der Waals surface area contributed by atoms with E-state index in [0.717, 1.165) is 72.5 Å². The highest BCUT2D eigenvalue weighted by atomic mass is 15.2. The molecule has 2 aliphatic rings. The maximum absolute atomic E-state index is 10.9. The van der Waals surface area contributed by atoms with Crippen molar-refractivity contribution in [3.05, 3.63) is 248 Å². The van der Waals surface area contributed by atoms with Crippen molar-refractivity contribution in [2.24, 2.45) is 0 Å². The average Bonchev–Trinajstić information content (AvgIpc) is 3.79. The lowest BCUT2D eigenvalue weighted by atomic mass is 9.33. The molecule has 0 spiro atoms. The molecule has 0 unspecified atom stereocenters. The third-order valence-corrected chi connectivity index (χ3v) is 14.2. The van der Waals surface area contributed by atoms with Crippen LogP contribution in [0.2, 0.25) is 0 Å². The summed E-state index contributed by atoms with van der Waals surface area (Å²) in [5.74, 6) is 1.49. The molecular weight excluding hydrogens is 878 g/mol. The Morgan fingerprint density at radius 2 is 0.847 bits per heavy atom. The van der Waals surface area contributed by atoms with Gasteiger partial charge >= 0.3 is 0 Å². The van der Waals surface area contributed by atoms with Crippen LogP contribution in [0.1, 0.15) is 5.56 Å². The summed E-state index contributed by atoms with van der Waals surface area (Å²) in [6.45, 7) is 0.0205. The Hall–Kier alpha value is -9.84. The zero-order valence-corrected chi connectivity index (χ0v) is 38.8. The number of anilines is 6. The molecule has 4 heterocycles. The van der Waals surface area contributed by atoms with Gasteiger partial charge < -0.3 is 14.4 Å². The minimum Gasteiger partial charge on any atom is -0.311 e. The summed E-state index contributed by atoms with van der Waals surface area (Å²) in [5, 5.41) is 13.0. The number of fused-ring (bicyclic) bond motifs is 7. The molecular formula is C64H40BN7. The fourth-order valence-electron chi connectivity index (χ4n) is 11.2. The first-order chi connectivity index (χ1) is 35.7. The molecule has 10 aromatic carbocycles. The molecule has 0 saturated carbocycles. The predicted molar refractivity (Wildman–Crippen MR) is 295 cm³/mol. The largest absolute Gasteiger partial charge is 0.311 e. The van der Waals surface area contributed by atoms with Crippen molar-refractivity contribution in [3.63, 3.8) is 0 Å². The molecule has 8 heteroatoms. The summed E-state index contributed by atoms with van der Waals surface area (Å²) in [5.41, 5.74) is 18.5. The van der Waals surface area contributed by atoms with Gasteiger partial charge in [0.15, 0.2) is 17.5 Å². The maximum atomic E-state index is 10.9. The molecule has 334 valence electrons. The number of nitrogens with zero attached hydrogens (tertiary/aromatic N) is 7. The molecule has 0 saturated heterocycles. The van der Waals surface area contributed by atoms with Gasteiger partial charge in [0.05, 0.1) is 33.9 Å². The molecule has 0 aliphatic carbocycles. The molecule has 2 aromatic heterocycles. The summed E-state index contributed by atoms with van der Waals surface area (Å²) >= 11 is 0. The normalized spacial score (nSPS) is 12.3. The lowest BCUT2D eigenvalue weighted by Crippen LogP contribution is -2.61. The Kier molecular flexibility index (Phi) is 9.54. The van der Waals surface area contributed by atoms with E-state index in [-0.39, 0.29) is 6.71 Å². The first-order valence-corrected chi connectivity index (χ1v) is 24.2. The molecule has 14 rings (SSSR count). The molecule has 0 fully saturated rings. The van der Waals surface area contributed by atoms with Crippen molar-refractivity contribution in [1.29, 1.82) is 5.26 Å². The number of aromatic nitrogens is 4. The first kappa shape index (κ1) is 41.2. The lowest BCUT2D eigenvalue weighted by Gasteiger charge is -2.44. The van der Waals surface area contributed by atoms with Crippen LogP contribution in [0.3, 0.4) is 0 Å². The van der Waals surface area contributed by atoms with Gasteiger partial charge in [0.1, 0.15) is 0 Å². The summed E-state index contributed by atoms with van der Waals surface area (Å²) < 4.78 is 2.27. The van der Waals surface area contributed by atoms with Gasteiger partial charge in [-0.15, -0.1) is 0 Å². The van der Waals surface area contributed by atoms with Crippen molar-refractivity contribution in [1.82, 2.24) is 19.5 Å². The summed E-state index contributed by atoms with van der Waals surface area (Å²) in [7, 11) is 0. The lowest BCUT2D eigenvalue weighted by molar-refractivity contribution is 1.06. The topological polar surface area (TPSA) is 73.9 Å². The average molecular weight is 918 g/mol.